The first-order valence-electron chi connectivity index (χ1n) is 6.16. The van der Waals surface area contributed by atoms with Crippen LogP contribution in [0.5, 0.6) is 0 Å². The number of hydrogen-bond donors (Lipinski definition) is 2. The summed E-state index contributed by atoms with van der Waals surface area (Å²) < 4.78 is 27.3. The van der Waals surface area contributed by atoms with Crippen LogP contribution in [0.3, 0.4) is 0 Å². The van der Waals surface area contributed by atoms with Gasteiger partial charge in [-0.05, 0) is 17.9 Å². The number of nitro groups is 1. The normalized spacial score (nSPS) is 20.4. The fraction of sp³-hybridized carbons (Fsp3) is 0.500. The molecule has 0 amide bonds. The Bertz CT molecular complexity index is 655. The summed E-state index contributed by atoms with van der Waals surface area (Å²) in [5.41, 5.74) is 0.0223. The van der Waals surface area contributed by atoms with Gasteiger partial charge in [0.2, 0.25) is 10.0 Å². The maximum absolute atomic E-state index is 12.4. The van der Waals surface area contributed by atoms with Gasteiger partial charge in [0, 0.05) is 25.2 Å². The highest BCUT2D eigenvalue weighted by Crippen LogP contribution is 2.45. The summed E-state index contributed by atoms with van der Waals surface area (Å²) in [5.74, 6) is 0. The van der Waals surface area contributed by atoms with Crippen molar-refractivity contribution >= 4 is 21.4 Å². The zero-order chi connectivity index (χ0) is 15.1. The Hall–Kier alpha value is -1.67. The molecule has 1 aliphatic carbocycles. The third-order valence-electron chi connectivity index (χ3n) is 3.55. The van der Waals surface area contributed by atoms with E-state index in [-0.39, 0.29) is 22.0 Å². The molecule has 0 heterocycles. The average Bonchev–Trinajstić information content (AvgIpc) is 2.94. The second-order valence-corrected chi connectivity index (χ2v) is 7.24. The number of hydrogen-bond acceptors (Lipinski definition) is 5. The molecular formula is C12H17N3O4S. The molecule has 2 rings (SSSR count). The molecule has 110 valence electrons. The molecule has 0 radical (unpaired) electrons. The van der Waals surface area contributed by atoms with E-state index in [1.807, 2.05) is 13.8 Å². The fourth-order valence-corrected chi connectivity index (χ4v) is 3.61. The summed E-state index contributed by atoms with van der Waals surface area (Å²) in [6, 6.07) is 3.61. The van der Waals surface area contributed by atoms with Gasteiger partial charge in [0.25, 0.3) is 5.69 Å². The molecule has 0 aliphatic heterocycles. The average molecular weight is 299 g/mol. The van der Waals surface area contributed by atoms with Crippen molar-refractivity contribution in [2.24, 2.45) is 5.41 Å². The Balaban J connectivity index is 2.39. The molecule has 0 bridgehead atoms. The summed E-state index contributed by atoms with van der Waals surface area (Å²) in [5, 5.41) is 13.5. The molecule has 1 atom stereocenters. The topological polar surface area (TPSA) is 101 Å². The second-order valence-electron chi connectivity index (χ2n) is 5.55. The largest absolute Gasteiger partial charge is 0.387 e. The molecule has 1 aliphatic rings. The van der Waals surface area contributed by atoms with Crippen molar-refractivity contribution in [3.05, 3.63) is 28.3 Å². The number of nitrogens with one attached hydrogen (secondary N) is 2. The van der Waals surface area contributed by atoms with Crippen molar-refractivity contribution < 1.29 is 13.3 Å². The van der Waals surface area contributed by atoms with E-state index < -0.39 is 14.9 Å². The molecule has 7 nitrogen and oxygen atoms in total. The van der Waals surface area contributed by atoms with E-state index >= 15 is 0 Å². The van der Waals surface area contributed by atoms with Crippen LogP contribution in [0.1, 0.15) is 20.3 Å². The van der Waals surface area contributed by atoms with Crippen molar-refractivity contribution in [2.45, 2.75) is 31.2 Å². The maximum Gasteiger partial charge on any atom is 0.270 e. The SMILES string of the molecule is CNc1ccc([N+](=O)[O-])cc1S(=O)(=O)NC1CC1(C)C. The van der Waals surface area contributed by atoms with Crippen molar-refractivity contribution in [3.8, 4) is 0 Å². The third kappa shape index (κ3) is 2.75. The summed E-state index contributed by atoms with van der Waals surface area (Å²) in [4.78, 5) is 10.1. The molecule has 0 aromatic heterocycles. The van der Waals surface area contributed by atoms with Crippen LogP contribution in [0, 0.1) is 15.5 Å². The van der Waals surface area contributed by atoms with Crippen molar-refractivity contribution in [1.29, 1.82) is 0 Å². The van der Waals surface area contributed by atoms with E-state index in [1.54, 1.807) is 7.05 Å². The molecule has 2 N–H and O–H groups in total. The van der Waals surface area contributed by atoms with Crippen LogP contribution in [0.15, 0.2) is 23.1 Å². The number of rotatable bonds is 5. The van der Waals surface area contributed by atoms with Crippen LogP contribution in [0.2, 0.25) is 0 Å². The van der Waals surface area contributed by atoms with Crippen LogP contribution in [0.4, 0.5) is 11.4 Å². The lowest BCUT2D eigenvalue weighted by Crippen LogP contribution is -2.29. The first-order valence-corrected chi connectivity index (χ1v) is 7.64. The summed E-state index contributed by atoms with van der Waals surface area (Å²) >= 11 is 0. The Kier molecular flexibility index (Phi) is 3.47. The van der Waals surface area contributed by atoms with Gasteiger partial charge in [0.1, 0.15) is 4.90 Å². The predicted molar refractivity (Wildman–Crippen MR) is 75.2 cm³/mol. The predicted octanol–water partition coefficient (Wildman–Crippen LogP) is 1.71. The van der Waals surface area contributed by atoms with Gasteiger partial charge in [-0.1, -0.05) is 13.8 Å². The summed E-state index contributed by atoms with van der Waals surface area (Å²) in [7, 11) is -2.21. The van der Waals surface area contributed by atoms with Crippen molar-refractivity contribution in [3.63, 3.8) is 0 Å². The molecule has 1 unspecified atom stereocenters. The number of nitrogens with zero attached hydrogens (tertiary/aromatic N) is 1. The zero-order valence-corrected chi connectivity index (χ0v) is 12.3. The standard InChI is InChI=1S/C12H17N3O4S/c1-12(2)7-11(12)14-20(18,19)10-6-8(15(16)17)4-5-9(10)13-3/h4-6,11,13-14H,7H2,1-3H3. The Morgan fingerprint density at radius 1 is 1.40 bits per heavy atom. The van der Waals surface area contributed by atoms with Gasteiger partial charge in [-0.3, -0.25) is 10.1 Å². The quantitative estimate of drug-likeness (QED) is 0.636. The Labute approximate surface area is 117 Å². The highest BCUT2D eigenvalue weighted by Gasteiger charge is 2.48. The summed E-state index contributed by atoms with van der Waals surface area (Å²) in [6.07, 6.45) is 0.760. The lowest BCUT2D eigenvalue weighted by Gasteiger charge is -2.12. The second kappa shape index (κ2) is 4.71. The smallest absolute Gasteiger partial charge is 0.270 e. The van der Waals surface area contributed by atoms with Gasteiger partial charge in [0.05, 0.1) is 10.6 Å². The van der Waals surface area contributed by atoms with Gasteiger partial charge >= 0.3 is 0 Å². The highest BCUT2D eigenvalue weighted by atomic mass is 32.2. The van der Waals surface area contributed by atoms with E-state index in [0.717, 1.165) is 12.5 Å². The minimum atomic E-state index is -3.78. The van der Waals surface area contributed by atoms with Gasteiger partial charge in [-0.2, -0.15) is 0 Å². The maximum atomic E-state index is 12.4. The molecular weight excluding hydrogens is 282 g/mol. The van der Waals surface area contributed by atoms with Gasteiger partial charge < -0.3 is 5.32 Å². The van der Waals surface area contributed by atoms with Crippen LogP contribution in [-0.4, -0.2) is 26.4 Å². The van der Waals surface area contributed by atoms with Crippen LogP contribution >= 0.6 is 0 Å². The molecule has 8 heteroatoms. The van der Waals surface area contributed by atoms with Gasteiger partial charge in [-0.25, -0.2) is 13.1 Å². The number of sulfonamides is 1. The molecule has 20 heavy (non-hydrogen) atoms. The first kappa shape index (κ1) is 14.7. The first-order chi connectivity index (χ1) is 9.17. The van der Waals surface area contributed by atoms with E-state index in [2.05, 4.69) is 10.0 Å². The van der Waals surface area contributed by atoms with Crippen molar-refractivity contribution in [2.75, 3.05) is 12.4 Å². The Morgan fingerprint density at radius 2 is 2.00 bits per heavy atom. The molecule has 1 saturated carbocycles. The molecule has 0 spiro atoms. The Morgan fingerprint density at radius 3 is 2.45 bits per heavy atom. The van der Waals surface area contributed by atoms with E-state index in [1.165, 1.54) is 12.1 Å². The molecule has 1 fully saturated rings. The fourth-order valence-electron chi connectivity index (χ4n) is 1.97. The lowest BCUT2D eigenvalue weighted by atomic mass is 10.2. The summed E-state index contributed by atoms with van der Waals surface area (Å²) in [6.45, 7) is 3.93. The number of benzene rings is 1. The van der Waals surface area contributed by atoms with Gasteiger partial charge in [-0.15, -0.1) is 0 Å². The van der Waals surface area contributed by atoms with Crippen molar-refractivity contribution in [1.82, 2.24) is 4.72 Å². The number of nitro benzene ring substituents is 1. The van der Waals surface area contributed by atoms with Crippen LogP contribution < -0.4 is 10.0 Å². The number of anilines is 1. The molecule has 1 aromatic carbocycles. The highest BCUT2D eigenvalue weighted by molar-refractivity contribution is 7.89. The zero-order valence-electron chi connectivity index (χ0n) is 11.5. The third-order valence-corrected chi connectivity index (χ3v) is 5.06. The van der Waals surface area contributed by atoms with Gasteiger partial charge in [0.15, 0.2) is 0 Å². The number of non-ortho nitro benzene ring substituents is 1. The minimum Gasteiger partial charge on any atom is -0.387 e. The van der Waals surface area contributed by atoms with E-state index in [9.17, 15) is 18.5 Å². The molecule has 1 aromatic rings. The van der Waals surface area contributed by atoms with Crippen LogP contribution in [-0.2, 0) is 10.0 Å². The lowest BCUT2D eigenvalue weighted by molar-refractivity contribution is -0.385. The van der Waals surface area contributed by atoms with E-state index in [0.29, 0.717) is 5.69 Å². The van der Waals surface area contributed by atoms with E-state index in [4.69, 9.17) is 0 Å². The van der Waals surface area contributed by atoms with Crippen LogP contribution in [0.25, 0.3) is 0 Å². The molecule has 0 saturated heterocycles. The monoisotopic (exact) mass is 299 g/mol. The minimum absolute atomic E-state index is 0.0619.